The van der Waals surface area contributed by atoms with E-state index in [1.54, 1.807) is 0 Å². The highest BCUT2D eigenvalue weighted by Crippen LogP contribution is 2.39. The summed E-state index contributed by atoms with van der Waals surface area (Å²) in [7, 11) is 0. The van der Waals surface area contributed by atoms with E-state index in [1.807, 2.05) is 0 Å². The number of rotatable bonds is 0. The third-order valence-electron chi connectivity index (χ3n) is 2.08. The number of aromatic amines is 2. The van der Waals surface area contributed by atoms with Crippen LogP contribution in [-0.2, 0) is 6.18 Å². The van der Waals surface area contributed by atoms with E-state index < -0.39 is 22.2 Å². The SMILES string of the molecule is Cc1c(C(F)(F)F)sc2[nH]c(=O)c(=O)[nH]c12. The van der Waals surface area contributed by atoms with Crippen LogP contribution in [0, 0.1) is 6.92 Å². The van der Waals surface area contributed by atoms with Gasteiger partial charge in [0, 0.05) is 0 Å². The fraction of sp³-hybridized carbons (Fsp3) is 0.250. The second-order valence-electron chi connectivity index (χ2n) is 3.17. The van der Waals surface area contributed by atoms with Crippen molar-refractivity contribution in [3.05, 3.63) is 31.1 Å². The molecule has 0 aliphatic rings. The number of fused-ring (bicyclic) bond motifs is 1. The second-order valence-corrected chi connectivity index (χ2v) is 4.19. The summed E-state index contributed by atoms with van der Waals surface area (Å²) in [5.41, 5.74) is -1.97. The zero-order valence-corrected chi connectivity index (χ0v) is 8.68. The van der Waals surface area contributed by atoms with Crippen LogP contribution in [0.2, 0.25) is 0 Å². The maximum atomic E-state index is 12.5. The Balaban J connectivity index is 2.89. The molecule has 0 saturated carbocycles. The van der Waals surface area contributed by atoms with Crippen LogP contribution in [0.3, 0.4) is 0 Å². The molecule has 0 spiro atoms. The third-order valence-corrected chi connectivity index (χ3v) is 3.33. The summed E-state index contributed by atoms with van der Waals surface area (Å²) < 4.78 is 37.5. The lowest BCUT2D eigenvalue weighted by molar-refractivity contribution is -0.134. The molecule has 0 amide bonds. The minimum atomic E-state index is -4.48. The smallest absolute Gasteiger partial charge is 0.315 e. The third kappa shape index (κ3) is 1.54. The van der Waals surface area contributed by atoms with E-state index in [-0.39, 0.29) is 15.9 Å². The van der Waals surface area contributed by atoms with Gasteiger partial charge in [-0.2, -0.15) is 13.2 Å². The van der Waals surface area contributed by atoms with Gasteiger partial charge < -0.3 is 9.97 Å². The van der Waals surface area contributed by atoms with Crippen molar-refractivity contribution in [3.63, 3.8) is 0 Å². The first-order valence-electron chi connectivity index (χ1n) is 4.13. The highest BCUT2D eigenvalue weighted by molar-refractivity contribution is 7.18. The number of hydrogen-bond acceptors (Lipinski definition) is 3. The summed E-state index contributed by atoms with van der Waals surface area (Å²) in [4.78, 5) is 25.3. The van der Waals surface area contributed by atoms with Crippen LogP contribution in [0.25, 0.3) is 10.3 Å². The van der Waals surface area contributed by atoms with Gasteiger partial charge in [0.15, 0.2) is 0 Å². The van der Waals surface area contributed by atoms with Gasteiger partial charge in [0.2, 0.25) is 0 Å². The zero-order valence-electron chi connectivity index (χ0n) is 7.86. The summed E-state index contributed by atoms with van der Waals surface area (Å²) in [6, 6.07) is 0. The average Bonchev–Trinajstić information content (AvgIpc) is 2.45. The van der Waals surface area contributed by atoms with Crippen molar-refractivity contribution in [2.75, 3.05) is 0 Å². The first kappa shape index (κ1) is 10.9. The molecule has 86 valence electrons. The standard InChI is InChI=1S/C8H5F3N2O2S/c1-2-3-7(13-6(15)5(14)12-3)16-4(2)8(9,10)11/h1H3,(H,12,14)(H,13,15). The van der Waals surface area contributed by atoms with E-state index >= 15 is 0 Å². The summed E-state index contributed by atoms with van der Waals surface area (Å²) in [5, 5.41) is 0. The lowest BCUT2D eigenvalue weighted by atomic mass is 10.2. The average molecular weight is 250 g/mol. The number of alkyl halides is 3. The Hall–Kier alpha value is -1.57. The molecule has 2 heterocycles. The summed E-state index contributed by atoms with van der Waals surface area (Å²) in [5.74, 6) is 0. The fourth-order valence-corrected chi connectivity index (χ4v) is 2.38. The molecule has 0 aliphatic carbocycles. The Labute approximate surface area is 89.7 Å². The molecule has 0 bridgehead atoms. The molecule has 0 aliphatic heterocycles. The highest BCUT2D eigenvalue weighted by Gasteiger charge is 2.35. The first-order chi connectivity index (χ1) is 7.30. The molecule has 2 rings (SSSR count). The summed E-state index contributed by atoms with van der Waals surface area (Å²) >= 11 is 0.403. The zero-order chi connectivity index (χ0) is 12.1. The van der Waals surface area contributed by atoms with Gasteiger partial charge >= 0.3 is 17.3 Å². The lowest BCUT2D eigenvalue weighted by Gasteiger charge is -2.03. The quantitative estimate of drug-likeness (QED) is 0.697. The van der Waals surface area contributed by atoms with Gasteiger partial charge in [0.25, 0.3) is 0 Å². The van der Waals surface area contributed by atoms with Crippen molar-refractivity contribution in [1.82, 2.24) is 9.97 Å². The van der Waals surface area contributed by atoms with Crippen LogP contribution in [0.4, 0.5) is 13.2 Å². The monoisotopic (exact) mass is 250 g/mol. The molecule has 0 saturated heterocycles. The first-order valence-corrected chi connectivity index (χ1v) is 4.95. The predicted molar refractivity (Wildman–Crippen MR) is 52.8 cm³/mol. The van der Waals surface area contributed by atoms with E-state index in [2.05, 4.69) is 9.97 Å². The molecule has 0 radical (unpaired) electrons. The van der Waals surface area contributed by atoms with Gasteiger partial charge in [-0.05, 0) is 12.5 Å². The van der Waals surface area contributed by atoms with Crippen LogP contribution >= 0.6 is 11.3 Å². The van der Waals surface area contributed by atoms with Crippen molar-refractivity contribution < 1.29 is 13.2 Å². The van der Waals surface area contributed by atoms with Gasteiger partial charge in [-0.15, -0.1) is 11.3 Å². The molecule has 2 aromatic heterocycles. The molecule has 2 N–H and O–H groups in total. The number of hydrogen-bond donors (Lipinski definition) is 2. The number of H-pyrrole nitrogens is 2. The molecule has 8 heteroatoms. The molecule has 0 unspecified atom stereocenters. The minimum absolute atomic E-state index is 0.0226. The fourth-order valence-electron chi connectivity index (χ4n) is 1.35. The molecule has 4 nitrogen and oxygen atoms in total. The Bertz CT molecular complexity index is 664. The highest BCUT2D eigenvalue weighted by atomic mass is 32.1. The van der Waals surface area contributed by atoms with Crippen molar-refractivity contribution in [2.45, 2.75) is 13.1 Å². The number of nitrogens with one attached hydrogen (secondary N) is 2. The predicted octanol–water partition coefficient (Wildman–Crippen LogP) is 1.61. The van der Waals surface area contributed by atoms with Gasteiger partial charge in [-0.25, -0.2) is 0 Å². The van der Waals surface area contributed by atoms with Crippen LogP contribution in [0.1, 0.15) is 10.4 Å². The molecular formula is C8H5F3N2O2S. The van der Waals surface area contributed by atoms with Crippen molar-refractivity contribution in [1.29, 1.82) is 0 Å². The van der Waals surface area contributed by atoms with Gasteiger partial charge in [-0.3, -0.25) is 9.59 Å². The Morgan fingerprint density at radius 2 is 1.69 bits per heavy atom. The molecule has 2 aromatic rings. The molecule has 0 fully saturated rings. The topological polar surface area (TPSA) is 65.7 Å². The number of aryl methyl sites for hydroxylation is 1. The largest absolute Gasteiger partial charge is 0.426 e. The maximum Gasteiger partial charge on any atom is 0.426 e. The Morgan fingerprint density at radius 1 is 1.12 bits per heavy atom. The van der Waals surface area contributed by atoms with Gasteiger partial charge in [0.05, 0.1) is 5.52 Å². The van der Waals surface area contributed by atoms with E-state index in [4.69, 9.17) is 0 Å². The van der Waals surface area contributed by atoms with Crippen molar-refractivity contribution in [2.24, 2.45) is 0 Å². The summed E-state index contributed by atoms with van der Waals surface area (Å²) in [6.07, 6.45) is -4.48. The number of thiophene rings is 1. The van der Waals surface area contributed by atoms with E-state index in [0.717, 1.165) is 0 Å². The molecule has 16 heavy (non-hydrogen) atoms. The minimum Gasteiger partial charge on any atom is -0.315 e. The van der Waals surface area contributed by atoms with Gasteiger partial charge in [0.1, 0.15) is 9.71 Å². The molecule has 0 atom stereocenters. The second kappa shape index (κ2) is 3.21. The van der Waals surface area contributed by atoms with E-state index in [9.17, 15) is 22.8 Å². The van der Waals surface area contributed by atoms with Crippen LogP contribution in [0.15, 0.2) is 9.59 Å². The molecular weight excluding hydrogens is 245 g/mol. The van der Waals surface area contributed by atoms with Crippen LogP contribution in [0.5, 0.6) is 0 Å². The maximum absolute atomic E-state index is 12.5. The van der Waals surface area contributed by atoms with E-state index in [1.165, 1.54) is 6.92 Å². The van der Waals surface area contributed by atoms with Crippen molar-refractivity contribution >= 4 is 21.7 Å². The van der Waals surface area contributed by atoms with Gasteiger partial charge in [-0.1, -0.05) is 0 Å². The number of aromatic nitrogens is 2. The number of halogens is 3. The summed E-state index contributed by atoms with van der Waals surface area (Å²) in [6.45, 7) is 1.25. The Morgan fingerprint density at radius 3 is 2.25 bits per heavy atom. The normalized spacial score (nSPS) is 12.2. The Kier molecular flexibility index (Phi) is 2.19. The van der Waals surface area contributed by atoms with Crippen LogP contribution < -0.4 is 11.1 Å². The van der Waals surface area contributed by atoms with Crippen LogP contribution in [-0.4, -0.2) is 9.97 Å². The van der Waals surface area contributed by atoms with E-state index in [0.29, 0.717) is 11.3 Å². The molecule has 0 aromatic carbocycles. The lowest BCUT2D eigenvalue weighted by Crippen LogP contribution is -2.28. The van der Waals surface area contributed by atoms with Crippen molar-refractivity contribution in [3.8, 4) is 0 Å².